The molecule has 0 saturated carbocycles. The summed E-state index contributed by atoms with van der Waals surface area (Å²) in [4.78, 5) is 21.2. The van der Waals surface area contributed by atoms with Gasteiger partial charge in [0.2, 0.25) is 0 Å². The van der Waals surface area contributed by atoms with Gasteiger partial charge in [-0.2, -0.15) is 4.98 Å². The van der Waals surface area contributed by atoms with Gasteiger partial charge in [-0.1, -0.05) is 81.4 Å². The minimum Gasteiger partial charge on any atom is -0.431 e. The maximum Gasteiger partial charge on any atom is 0.297 e. The highest BCUT2D eigenvalue weighted by Gasteiger charge is 2.53. The third-order valence-electron chi connectivity index (χ3n) is 6.73. The molecule has 0 aliphatic carbocycles. The lowest BCUT2D eigenvalue weighted by molar-refractivity contribution is 0.0131. The zero-order valence-corrected chi connectivity index (χ0v) is 20.5. The molecule has 3 heterocycles. The lowest BCUT2D eigenvalue weighted by Crippen LogP contribution is -2.71. The summed E-state index contributed by atoms with van der Waals surface area (Å²) < 4.78 is 12.6. The third-order valence-corrected chi connectivity index (χ3v) is 11.8. The van der Waals surface area contributed by atoms with Gasteiger partial charge in [0, 0.05) is 26.2 Å². The number of hydrogen-bond donors (Lipinski definition) is 0. The summed E-state index contributed by atoms with van der Waals surface area (Å²) >= 11 is 0. The van der Waals surface area contributed by atoms with Crippen LogP contribution in [0, 0.1) is 0 Å². The molecule has 0 atom stereocenters. The number of carbonyl (C=O) groups is 1. The lowest BCUT2D eigenvalue weighted by atomic mass is 10.1. The van der Waals surface area contributed by atoms with E-state index in [-0.39, 0.29) is 17.0 Å². The van der Waals surface area contributed by atoms with E-state index >= 15 is 0 Å². The van der Waals surface area contributed by atoms with Crippen molar-refractivity contribution in [2.24, 2.45) is 0 Å². The first kappa shape index (κ1) is 21.9. The summed E-state index contributed by atoms with van der Waals surface area (Å²) in [5.41, 5.74) is 0.376. The highest BCUT2D eigenvalue weighted by Crippen LogP contribution is 2.38. The summed E-state index contributed by atoms with van der Waals surface area (Å²) in [6.07, 6.45) is 2.60. The number of likely N-dealkylation sites (tertiary alicyclic amines) is 1. The predicted octanol–water partition coefficient (Wildman–Crippen LogP) is 3.29. The van der Waals surface area contributed by atoms with Crippen LogP contribution in [0.5, 0.6) is 0 Å². The van der Waals surface area contributed by atoms with Gasteiger partial charge in [-0.15, -0.1) is 0 Å². The lowest BCUT2D eigenvalue weighted by Gasteiger charge is -2.49. The Hall–Kier alpha value is -2.90. The van der Waals surface area contributed by atoms with Crippen molar-refractivity contribution >= 4 is 30.6 Å². The fourth-order valence-electron chi connectivity index (χ4n) is 4.80. The van der Waals surface area contributed by atoms with Crippen molar-refractivity contribution in [2.75, 3.05) is 31.1 Å². The topological polar surface area (TPSA) is 58.8 Å². The van der Waals surface area contributed by atoms with Gasteiger partial charge in [0.15, 0.2) is 5.69 Å². The van der Waals surface area contributed by atoms with Gasteiger partial charge in [-0.05, 0) is 21.8 Å². The Morgan fingerprint density at radius 3 is 2.06 bits per heavy atom. The van der Waals surface area contributed by atoms with Crippen LogP contribution in [-0.2, 0) is 4.43 Å². The highest BCUT2D eigenvalue weighted by molar-refractivity contribution is 6.99. The van der Waals surface area contributed by atoms with E-state index in [2.05, 4.69) is 74.3 Å². The van der Waals surface area contributed by atoms with Gasteiger partial charge in [-0.25, -0.2) is 0 Å². The molecular weight excluding hydrogens is 430 g/mol. The van der Waals surface area contributed by atoms with Crippen LogP contribution >= 0.6 is 0 Å². The van der Waals surface area contributed by atoms with Gasteiger partial charge in [0.25, 0.3) is 20.2 Å². The number of carbonyl (C=O) groups excluding carboxylic acids is 1. The molecule has 0 spiro atoms. The minimum atomic E-state index is -2.61. The van der Waals surface area contributed by atoms with Crippen LogP contribution < -0.4 is 15.3 Å². The van der Waals surface area contributed by atoms with E-state index in [0.717, 1.165) is 19.5 Å². The summed E-state index contributed by atoms with van der Waals surface area (Å²) in [5.74, 6) is -0.0900. The van der Waals surface area contributed by atoms with Crippen LogP contribution in [0.1, 0.15) is 37.7 Å². The van der Waals surface area contributed by atoms with E-state index in [0.29, 0.717) is 24.8 Å². The smallest absolute Gasteiger partial charge is 0.297 e. The zero-order chi connectivity index (χ0) is 23.1. The van der Waals surface area contributed by atoms with Gasteiger partial charge < -0.3 is 18.6 Å². The highest BCUT2D eigenvalue weighted by atomic mass is 28.4. The van der Waals surface area contributed by atoms with Gasteiger partial charge in [-0.3, -0.25) is 4.79 Å². The van der Waals surface area contributed by atoms with Crippen LogP contribution in [-0.4, -0.2) is 56.4 Å². The van der Waals surface area contributed by atoms with E-state index in [1.807, 2.05) is 17.0 Å². The van der Waals surface area contributed by atoms with Crippen LogP contribution in [0.3, 0.4) is 0 Å². The molecule has 33 heavy (non-hydrogen) atoms. The molecule has 1 amide bonds. The fourth-order valence-corrected chi connectivity index (χ4v) is 9.46. The van der Waals surface area contributed by atoms with Crippen molar-refractivity contribution in [1.29, 1.82) is 0 Å². The molecule has 5 rings (SSSR count). The van der Waals surface area contributed by atoms with Crippen molar-refractivity contribution in [1.82, 2.24) is 9.88 Å². The zero-order valence-electron chi connectivity index (χ0n) is 19.5. The molecule has 0 bridgehead atoms. The molecule has 7 heteroatoms. The summed E-state index contributed by atoms with van der Waals surface area (Å²) in [5, 5.41) is 2.42. The summed E-state index contributed by atoms with van der Waals surface area (Å²) in [6.45, 7) is 9.82. The number of oxazole rings is 1. The number of benzene rings is 2. The molecule has 2 saturated heterocycles. The Morgan fingerprint density at radius 1 is 1.00 bits per heavy atom. The van der Waals surface area contributed by atoms with E-state index in [9.17, 15) is 4.79 Å². The largest absolute Gasteiger partial charge is 0.431 e. The predicted molar refractivity (Wildman–Crippen MR) is 132 cm³/mol. The molecular formula is C26H31N3O3Si. The standard InChI is InChI=1S/C26H31N3O3Si/c1-26(2,3)33(21-11-6-4-7-12-21,22-13-8-5-9-14-22)32-20-17-29(18-20)24(30)23-19-31-25(27-23)28-15-10-16-28/h4-9,11-14,19-20H,10,15-18H2,1-3H3. The molecule has 2 aliphatic heterocycles. The second-order valence-corrected chi connectivity index (χ2v) is 14.2. The van der Waals surface area contributed by atoms with Crippen molar-refractivity contribution in [3.8, 4) is 0 Å². The average Bonchev–Trinajstić information content (AvgIpc) is 3.21. The van der Waals surface area contributed by atoms with Crippen LogP contribution in [0.15, 0.2) is 71.3 Å². The number of anilines is 1. The Balaban J connectivity index is 1.37. The van der Waals surface area contributed by atoms with Crippen LogP contribution in [0.2, 0.25) is 5.04 Å². The van der Waals surface area contributed by atoms with Crippen molar-refractivity contribution in [3.05, 3.63) is 72.6 Å². The normalized spacial score (nSPS) is 16.9. The Bertz CT molecular complexity index is 1060. The SMILES string of the molecule is CC(C)(C)[Si](OC1CN(C(=O)c2coc(N3CCC3)n2)C1)(c1ccccc1)c1ccccc1. The Morgan fingerprint density at radius 2 is 1.58 bits per heavy atom. The van der Waals surface area contributed by atoms with Crippen molar-refractivity contribution < 1.29 is 13.6 Å². The molecule has 1 aromatic heterocycles. The maximum atomic E-state index is 13.0. The quantitative estimate of drug-likeness (QED) is 0.527. The average molecular weight is 462 g/mol. The molecule has 2 fully saturated rings. The first-order valence-corrected chi connectivity index (χ1v) is 13.6. The maximum absolute atomic E-state index is 13.0. The van der Waals surface area contributed by atoms with Gasteiger partial charge in [0.1, 0.15) is 6.26 Å². The third kappa shape index (κ3) is 3.89. The molecule has 6 nitrogen and oxygen atoms in total. The molecule has 0 unspecified atom stereocenters. The Labute approximate surface area is 196 Å². The number of amides is 1. The molecule has 2 aliphatic rings. The minimum absolute atomic E-state index is 0.0120. The van der Waals surface area contributed by atoms with Crippen molar-refractivity contribution in [3.63, 3.8) is 0 Å². The molecule has 172 valence electrons. The van der Waals surface area contributed by atoms with E-state index < -0.39 is 8.32 Å². The van der Waals surface area contributed by atoms with Crippen LogP contribution in [0.25, 0.3) is 0 Å². The summed E-state index contributed by atoms with van der Waals surface area (Å²) in [7, 11) is -2.61. The molecule has 0 N–H and O–H groups in total. The number of hydrogen-bond acceptors (Lipinski definition) is 5. The molecule has 0 radical (unpaired) electrons. The second kappa shape index (κ2) is 8.46. The van der Waals surface area contributed by atoms with Crippen molar-refractivity contribution in [2.45, 2.75) is 38.3 Å². The van der Waals surface area contributed by atoms with Crippen LogP contribution in [0.4, 0.5) is 6.01 Å². The fraction of sp³-hybridized carbons (Fsp3) is 0.385. The number of aromatic nitrogens is 1. The van der Waals surface area contributed by atoms with E-state index in [1.165, 1.54) is 16.6 Å². The number of rotatable bonds is 6. The molecule has 2 aromatic carbocycles. The van der Waals surface area contributed by atoms with E-state index in [4.69, 9.17) is 8.84 Å². The number of nitrogens with zero attached hydrogens (tertiary/aromatic N) is 3. The van der Waals surface area contributed by atoms with Gasteiger partial charge >= 0.3 is 0 Å². The second-order valence-electron chi connectivity index (χ2n) is 9.97. The van der Waals surface area contributed by atoms with Gasteiger partial charge in [0.05, 0.1) is 6.10 Å². The first-order chi connectivity index (χ1) is 15.9. The Kier molecular flexibility index (Phi) is 5.62. The summed E-state index contributed by atoms with van der Waals surface area (Å²) in [6, 6.07) is 21.8. The monoisotopic (exact) mass is 461 g/mol. The molecule has 3 aromatic rings. The van der Waals surface area contributed by atoms with E-state index in [1.54, 1.807) is 4.90 Å². The first-order valence-electron chi connectivity index (χ1n) is 11.7.